The average Bonchev–Trinajstić information content (AvgIpc) is 2.49. The van der Waals surface area contributed by atoms with Crippen LogP contribution in [-0.4, -0.2) is 11.7 Å². The predicted molar refractivity (Wildman–Crippen MR) is 76.6 cm³/mol. The summed E-state index contributed by atoms with van der Waals surface area (Å²) in [6.45, 7) is 1.09. The molecule has 2 aromatic carbocycles. The van der Waals surface area contributed by atoms with Gasteiger partial charge in [0.2, 0.25) is 0 Å². The monoisotopic (exact) mass is 254 g/mol. The molecule has 0 heterocycles. The molecule has 0 aromatic heterocycles. The Balaban J connectivity index is 1.72. The number of benzene rings is 2. The zero-order chi connectivity index (χ0) is 13.3. The van der Waals surface area contributed by atoms with Gasteiger partial charge in [0.05, 0.1) is 19.3 Å². The Morgan fingerprint density at radius 2 is 1.58 bits per heavy atom. The molecule has 0 spiro atoms. The van der Waals surface area contributed by atoms with Crippen molar-refractivity contribution in [1.82, 2.24) is 0 Å². The minimum atomic E-state index is -0.568. The van der Waals surface area contributed by atoms with Crippen LogP contribution < -0.4 is 0 Å². The van der Waals surface area contributed by atoms with Gasteiger partial charge in [-0.15, -0.1) is 0 Å². The topological polar surface area (TPSA) is 29.5 Å². The van der Waals surface area contributed by atoms with Crippen molar-refractivity contribution in [2.24, 2.45) is 0 Å². The maximum absolute atomic E-state index is 9.89. The SMILES string of the molecule is O[C@H](/C=C\COCc1ccccc1)c1ccccc1. The van der Waals surface area contributed by atoms with Gasteiger partial charge in [-0.2, -0.15) is 0 Å². The summed E-state index contributed by atoms with van der Waals surface area (Å²) in [5.74, 6) is 0. The quantitative estimate of drug-likeness (QED) is 0.631. The number of hydrogen-bond donors (Lipinski definition) is 1. The Labute approximate surface area is 114 Å². The fourth-order valence-electron chi connectivity index (χ4n) is 1.76. The smallest absolute Gasteiger partial charge is 0.0972 e. The Hall–Kier alpha value is -1.90. The molecule has 98 valence electrons. The molecule has 0 saturated carbocycles. The van der Waals surface area contributed by atoms with Crippen molar-refractivity contribution in [3.05, 3.63) is 83.9 Å². The molecule has 19 heavy (non-hydrogen) atoms. The molecular weight excluding hydrogens is 236 g/mol. The molecule has 2 heteroatoms. The predicted octanol–water partition coefficient (Wildman–Crippen LogP) is 3.49. The van der Waals surface area contributed by atoms with E-state index in [9.17, 15) is 5.11 Å². The lowest BCUT2D eigenvalue weighted by Crippen LogP contribution is -1.95. The molecule has 0 aliphatic heterocycles. The number of aliphatic hydroxyl groups is 1. The van der Waals surface area contributed by atoms with Gasteiger partial charge in [-0.25, -0.2) is 0 Å². The molecule has 2 aromatic rings. The van der Waals surface area contributed by atoms with Gasteiger partial charge in [0.1, 0.15) is 0 Å². The first-order valence-corrected chi connectivity index (χ1v) is 6.37. The van der Waals surface area contributed by atoms with Crippen LogP contribution in [-0.2, 0) is 11.3 Å². The number of rotatable bonds is 6. The normalized spacial score (nSPS) is 12.7. The van der Waals surface area contributed by atoms with Crippen molar-refractivity contribution < 1.29 is 9.84 Å². The van der Waals surface area contributed by atoms with Crippen LogP contribution in [0.4, 0.5) is 0 Å². The molecule has 2 rings (SSSR count). The van der Waals surface area contributed by atoms with E-state index in [1.807, 2.05) is 66.7 Å². The summed E-state index contributed by atoms with van der Waals surface area (Å²) in [6, 6.07) is 19.6. The second kappa shape index (κ2) is 7.52. The first kappa shape index (κ1) is 13.5. The molecule has 1 N–H and O–H groups in total. The average molecular weight is 254 g/mol. The van der Waals surface area contributed by atoms with E-state index in [1.54, 1.807) is 6.08 Å². The van der Waals surface area contributed by atoms with E-state index in [2.05, 4.69) is 0 Å². The molecule has 0 radical (unpaired) electrons. The Kier molecular flexibility index (Phi) is 5.35. The van der Waals surface area contributed by atoms with Crippen LogP contribution in [0.25, 0.3) is 0 Å². The van der Waals surface area contributed by atoms with Crippen LogP contribution >= 0.6 is 0 Å². The van der Waals surface area contributed by atoms with Gasteiger partial charge in [-0.1, -0.05) is 72.8 Å². The van der Waals surface area contributed by atoms with E-state index in [1.165, 1.54) is 0 Å². The van der Waals surface area contributed by atoms with Gasteiger partial charge in [-0.3, -0.25) is 0 Å². The van der Waals surface area contributed by atoms with Crippen molar-refractivity contribution in [3.8, 4) is 0 Å². The van der Waals surface area contributed by atoms with Crippen LogP contribution in [0, 0.1) is 0 Å². The largest absolute Gasteiger partial charge is 0.384 e. The Morgan fingerprint density at radius 3 is 2.26 bits per heavy atom. The van der Waals surface area contributed by atoms with E-state index >= 15 is 0 Å². The van der Waals surface area contributed by atoms with Crippen LogP contribution in [0.3, 0.4) is 0 Å². The molecule has 0 unspecified atom stereocenters. The van der Waals surface area contributed by atoms with Crippen LogP contribution in [0.1, 0.15) is 17.2 Å². The summed E-state index contributed by atoms with van der Waals surface area (Å²) < 4.78 is 5.51. The maximum Gasteiger partial charge on any atom is 0.0972 e. The van der Waals surface area contributed by atoms with E-state index in [0.717, 1.165) is 11.1 Å². The van der Waals surface area contributed by atoms with E-state index in [-0.39, 0.29) is 0 Å². The molecule has 1 atom stereocenters. The highest BCUT2D eigenvalue weighted by molar-refractivity contribution is 5.20. The minimum Gasteiger partial charge on any atom is -0.384 e. The summed E-state index contributed by atoms with van der Waals surface area (Å²) in [7, 11) is 0. The highest BCUT2D eigenvalue weighted by atomic mass is 16.5. The number of aliphatic hydroxyl groups excluding tert-OH is 1. The molecule has 2 nitrogen and oxygen atoms in total. The fourth-order valence-corrected chi connectivity index (χ4v) is 1.76. The van der Waals surface area contributed by atoms with Crippen LogP contribution in [0.15, 0.2) is 72.8 Å². The molecule has 0 saturated heterocycles. The highest BCUT2D eigenvalue weighted by Gasteiger charge is 2.00. The molecule has 0 aliphatic carbocycles. The Morgan fingerprint density at radius 1 is 0.947 bits per heavy atom. The van der Waals surface area contributed by atoms with Gasteiger partial charge in [0, 0.05) is 0 Å². The number of ether oxygens (including phenoxy) is 1. The summed E-state index contributed by atoms with van der Waals surface area (Å²) in [5, 5.41) is 9.89. The summed E-state index contributed by atoms with van der Waals surface area (Å²) in [4.78, 5) is 0. The van der Waals surface area contributed by atoms with Crippen molar-refractivity contribution in [2.75, 3.05) is 6.61 Å². The van der Waals surface area contributed by atoms with E-state index in [4.69, 9.17) is 4.74 Å². The molecule has 0 amide bonds. The third-order valence-corrected chi connectivity index (χ3v) is 2.79. The van der Waals surface area contributed by atoms with Gasteiger partial charge >= 0.3 is 0 Å². The summed E-state index contributed by atoms with van der Waals surface area (Å²) >= 11 is 0. The molecule has 0 fully saturated rings. The lowest BCUT2D eigenvalue weighted by atomic mass is 10.1. The van der Waals surface area contributed by atoms with E-state index in [0.29, 0.717) is 13.2 Å². The Bertz CT molecular complexity index is 491. The molecule has 0 bridgehead atoms. The maximum atomic E-state index is 9.89. The lowest BCUT2D eigenvalue weighted by molar-refractivity contribution is 0.147. The first-order valence-electron chi connectivity index (χ1n) is 6.37. The van der Waals surface area contributed by atoms with Crippen molar-refractivity contribution >= 4 is 0 Å². The van der Waals surface area contributed by atoms with E-state index < -0.39 is 6.10 Å². The second-order valence-corrected chi connectivity index (χ2v) is 4.28. The number of hydrogen-bond acceptors (Lipinski definition) is 2. The first-order chi connectivity index (χ1) is 9.36. The summed E-state index contributed by atoms with van der Waals surface area (Å²) in [5.41, 5.74) is 2.04. The summed E-state index contributed by atoms with van der Waals surface area (Å²) in [6.07, 6.45) is 3.03. The molecular formula is C17H18O2. The van der Waals surface area contributed by atoms with Crippen molar-refractivity contribution in [2.45, 2.75) is 12.7 Å². The minimum absolute atomic E-state index is 0.499. The highest BCUT2D eigenvalue weighted by Crippen LogP contribution is 2.12. The van der Waals surface area contributed by atoms with Gasteiger partial charge in [0.15, 0.2) is 0 Å². The molecule has 0 aliphatic rings. The van der Waals surface area contributed by atoms with Crippen LogP contribution in [0.2, 0.25) is 0 Å². The van der Waals surface area contributed by atoms with Crippen molar-refractivity contribution in [3.63, 3.8) is 0 Å². The fraction of sp³-hybridized carbons (Fsp3) is 0.176. The third kappa shape index (κ3) is 4.70. The van der Waals surface area contributed by atoms with Gasteiger partial charge < -0.3 is 9.84 Å². The third-order valence-electron chi connectivity index (χ3n) is 2.79. The van der Waals surface area contributed by atoms with Crippen molar-refractivity contribution in [1.29, 1.82) is 0 Å². The standard InChI is InChI=1S/C17H18O2/c18-17(16-10-5-2-6-11-16)12-7-13-19-14-15-8-3-1-4-9-15/h1-12,17-18H,13-14H2/b12-7-/t17-/m1/s1. The van der Waals surface area contributed by atoms with Gasteiger partial charge in [-0.05, 0) is 11.1 Å². The lowest BCUT2D eigenvalue weighted by Gasteiger charge is -2.05. The zero-order valence-electron chi connectivity index (χ0n) is 10.8. The van der Waals surface area contributed by atoms with Crippen LogP contribution in [0.5, 0.6) is 0 Å². The van der Waals surface area contributed by atoms with Gasteiger partial charge in [0.25, 0.3) is 0 Å². The second-order valence-electron chi connectivity index (χ2n) is 4.28. The zero-order valence-corrected chi connectivity index (χ0v) is 10.8.